The Hall–Kier alpha value is -1.75. The van der Waals surface area contributed by atoms with E-state index in [9.17, 15) is 4.79 Å². The normalized spacial score (nSPS) is 22.6. The number of amides is 1. The molecule has 0 bridgehead atoms. The van der Waals surface area contributed by atoms with Crippen molar-refractivity contribution in [2.75, 3.05) is 38.2 Å². The van der Waals surface area contributed by atoms with Gasteiger partial charge >= 0.3 is 0 Å². The van der Waals surface area contributed by atoms with Crippen LogP contribution in [0.4, 0.5) is 5.69 Å². The Morgan fingerprint density at radius 2 is 2.05 bits per heavy atom. The van der Waals surface area contributed by atoms with Crippen molar-refractivity contribution in [2.45, 2.75) is 25.3 Å². The number of carbonyl (C=O) groups is 1. The van der Waals surface area contributed by atoms with Crippen LogP contribution in [0, 0.1) is 5.92 Å². The fourth-order valence-electron chi connectivity index (χ4n) is 3.39. The first-order valence-electron chi connectivity index (χ1n) is 8.17. The molecule has 2 aliphatic heterocycles. The highest BCUT2D eigenvalue weighted by atomic mass is 16.5. The van der Waals surface area contributed by atoms with Crippen molar-refractivity contribution >= 4 is 11.6 Å². The van der Waals surface area contributed by atoms with Crippen molar-refractivity contribution in [2.24, 2.45) is 5.92 Å². The van der Waals surface area contributed by atoms with Crippen LogP contribution in [0.15, 0.2) is 24.3 Å². The maximum Gasteiger partial charge on any atom is 0.223 e. The maximum atomic E-state index is 12.3. The topological polar surface area (TPSA) is 53.6 Å². The molecule has 1 atom stereocenters. The summed E-state index contributed by atoms with van der Waals surface area (Å²) in [6, 6.07) is 8.31. The second kappa shape index (κ2) is 7.01. The van der Waals surface area contributed by atoms with Gasteiger partial charge in [0.15, 0.2) is 0 Å². The first kappa shape index (κ1) is 15.2. The lowest BCUT2D eigenvalue weighted by atomic mass is 9.97. The van der Waals surface area contributed by atoms with Crippen molar-refractivity contribution in [3.63, 3.8) is 0 Å². The van der Waals surface area contributed by atoms with E-state index in [4.69, 9.17) is 4.74 Å². The van der Waals surface area contributed by atoms with Gasteiger partial charge in [-0.15, -0.1) is 0 Å². The molecule has 2 N–H and O–H groups in total. The number of rotatable bonds is 4. The second-order valence-corrected chi connectivity index (χ2v) is 6.14. The molecule has 3 rings (SSSR count). The van der Waals surface area contributed by atoms with Gasteiger partial charge in [-0.1, -0.05) is 12.1 Å². The molecule has 2 fully saturated rings. The molecule has 0 radical (unpaired) electrons. The summed E-state index contributed by atoms with van der Waals surface area (Å²) in [4.78, 5) is 14.6. The van der Waals surface area contributed by atoms with Gasteiger partial charge in [-0.3, -0.25) is 4.79 Å². The summed E-state index contributed by atoms with van der Waals surface area (Å²) in [5.74, 6) is 1.31. The van der Waals surface area contributed by atoms with Gasteiger partial charge in [0.1, 0.15) is 5.75 Å². The fraction of sp³-hybridized carbons (Fsp3) is 0.588. The lowest BCUT2D eigenvalue weighted by Gasteiger charge is -2.24. The molecule has 0 spiro atoms. The zero-order chi connectivity index (χ0) is 15.4. The minimum absolute atomic E-state index is 0.182. The molecule has 2 aliphatic rings. The van der Waals surface area contributed by atoms with Gasteiger partial charge in [-0.2, -0.15) is 0 Å². The SMILES string of the molecule is COc1ccccc1N1CCC(NC(=O)C2CCNCC2)C1. The summed E-state index contributed by atoms with van der Waals surface area (Å²) in [7, 11) is 1.70. The highest BCUT2D eigenvalue weighted by Gasteiger charge is 2.28. The molecule has 2 heterocycles. The number of ether oxygens (including phenoxy) is 1. The lowest BCUT2D eigenvalue weighted by Crippen LogP contribution is -2.43. The number of nitrogens with one attached hydrogen (secondary N) is 2. The number of methoxy groups -OCH3 is 1. The van der Waals surface area contributed by atoms with Crippen LogP contribution in [-0.2, 0) is 4.79 Å². The molecule has 0 saturated carbocycles. The maximum absolute atomic E-state index is 12.3. The molecule has 5 heteroatoms. The lowest BCUT2D eigenvalue weighted by molar-refractivity contribution is -0.126. The molecule has 1 amide bonds. The Balaban J connectivity index is 1.57. The van der Waals surface area contributed by atoms with Crippen molar-refractivity contribution in [3.05, 3.63) is 24.3 Å². The van der Waals surface area contributed by atoms with Crippen LogP contribution in [-0.4, -0.2) is 45.2 Å². The summed E-state index contributed by atoms with van der Waals surface area (Å²) < 4.78 is 5.43. The minimum atomic E-state index is 0.182. The van der Waals surface area contributed by atoms with Crippen molar-refractivity contribution in [3.8, 4) is 5.75 Å². The van der Waals surface area contributed by atoms with E-state index in [0.717, 1.165) is 56.9 Å². The van der Waals surface area contributed by atoms with Crippen molar-refractivity contribution < 1.29 is 9.53 Å². The Labute approximate surface area is 132 Å². The van der Waals surface area contributed by atoms with E-state index in [1.165, 1.54) is 0 Å². The monoisotopic (exact) mass is 303 g/mol. The van der Waals surface area contributed by atoms with Crippen LogP contribution in [0.3, 0.4) is 0 Å². The van der Waals surface area contributed by atoms with E-state index in [-0.39, 0.29) is 17.9 Å². The molecule has 120 valence electrons. The van der Waals surface area contributed by atoms with E-state index in [1.54, 1.807) is 7.11 Å². The number of hydrogen-bond acceptors (Lipinski definition) is 4. The average molecular weight is 303 g/mol. The van der Waals surface area contributed by atoms with Gasteiger partial charge in [0.2, 0.25) is 5.91 Å². The Bertz CT molecular complexity index is 514. The molecular formula is C17H25N3O2. The van der Waals surface area contributed by atoms with Gasteiger partial charge in [0, 0.05) is 25.0 Å². The van der Waals surface area contributed by atoms with Crippen LogP contribution >= 0.6 is 0 Å². The summed E-state index contributed by atoms with van der Waals surface area (Å²) in [5, 5.41) is 6.54. The summed E-state index contributed by atoms with van der Waals surface area (Å²) in [6.07, 6.45) is 2.90. The first-order chi connectivity index (χ1) is 10.8. The summed E-state index contributed by atoms with van der Waals surface area (Å²) in [5.41, 5.74) is 1.11. The molecule has 1 aromatic carbocycles. The van der Waals surface area contributed by atoms with Gasteiger partial charge in [-0.05, 0) is 44.5 Å². The van der Waals surface area contributed by atoms with Crippen LogP contribution < -0.4 is 20.3 Å². The van der Waals surface area contributed by atoms with Gasteiger partial charge in [0.05, 0.1) is 12.8 Å². The predicted octanol–water partition coefficient (Wildman–Crippen LogP) is 1.39. The number of benzene rings is 1. The van der Waals surface area contributed by atoms with E-state index >= 15 is 0 Å². The average Bonchev–Trinajstić information content (AvgIpc) is 3.04. The molecule has 22 heavy (non-hydrogen) atoms. The zero-order valence-electron chi connectivity index (χ0n) is 13.2. The molecule has 1 aromatic rings. The van der Waals surface area contributed by atoms with E-state index < -0.39 is 0 Å². The van der Waals surface area contributed by atoms with E-state index in [2.05, 4.69) is 21.6 Å². The van der Waals surface area contributed by atoms with Crippen LogP contribution in [0.25, 0.3) is 0 Å². The Morgan fingerprint density at radius 3 is 2.82 bits per heavy atom. The Kier molecular flexibility index (Phi) is 4.83. The Morgan fingerprint density at radius 1 is 1.27 bits per heavy atom. The molecule has 0 aliphatic carbocycles. The van der Waals surface area contributed by atoms with Gasteiger partial charge in [-0.25, -0.2) is 0 Å². The number of anilines is 1. The van der Waals surface area contributed by atoms with Crippen LogP contribution in [0.5, 0.6) is 5.75 Å². The molecule has 1 unspecified atom stereocenters. The minimum Gasteiger partial charge on any atom is -0.495 e. The molecule has 0 aromatic heterocycles. The third-order valence-corrected chi connectivity index (χ3v) is 4.67. The number of hydrogen-bond donors (Lipinski definition) is 2. The summed E-state index contributed by atoms with van der Waals surface area (Å²) in [6.45, 7) is 3.72. The number of piperidine rings is 1. The van der Waals surface area contributed by atoms with E-state index in [0.29, 0.717) is 0 Å². The molecule has 5 nitrogen and oxygen atoms in total. The smallest absolute Gasteiger partial charge is 0.223 e. The summed E-state index contributed by atoms with van der Waals surface area (Å²) >= 11 is 0. The van der Waals surface area contributed by atoms with Crippen molar-refractivity contribution in [1.29, 1.82) is 0 Å². The van der Waals surface area contributed by atoms with Crippen LogP contribution in [0.1, 0.15) is 19.3 Å². The van der Waals surface area contributed by atoms with Crippen LogP contribution in [0.2, 0.25) is 0 Å². The first-order valence-corrected chi connectivity index (χ1v) is 8.17. The fourth-order valence-corrected chi connectivity index (χ4v) is 3.39. The number of nitrogens with zero attached hydrogens (tertiary/aromatic N) is 1. The highest BCUT2D eigenvalue weighted by molar-refractivity contribution is 5.79. The third-order valence-electron chi connectivity index (χ3n) is 4.67. The van der Waals surface area contributed by atoms with Gasteiger partial charge in [0.25, 0.3) is 0 Å². The third kappa shape index (κ3) is 3.35. The largest absolute Gasteiger partial charge is 0.495 e. The number of carbonyl (C=O) groups excluding carboxylic acids is 1. The second-order valence-electron chi connectivity index (χ2n) is 6.14. The zero-order valence-corrected chi connectivity index (χ0v) is 13.2. The predicted molar refractivity (Wildman–Crippen MR) is 87.3 cm³/mol. The van der Waals surface area contributed by atoms with Crippen molar-refractivity contribution in [1.82, 2.24) is 10.6 Å². The van der Waals surface area contributed by atoms with Gasteiger partial charge < -0.3 is 20.3 Å². The molecule has 2 saturated heterocycles. The number of para-hydroxylation sites is 2. The van der Waals surface area contributed by atoms with E-state index in [1.807, 2.05) is 18.2 Å². The quantitative estimate of drug-likeness (QED) is 0.882. The molecular weight excluding hydrogens is 278 g/mol. The standard InChI is InChI=1S/C17H25N3O2/c1-22-16-5-3-2-4-15(16)20-11-8-14(12-20)19-17(21)13-6-9-18-10-7-13/h2-5,13-14,18H,6-12H2,1H3,(H,19,21). The highest BCUT2D eigenvalue weighted by Crippen LogP contribution is 2.30.